The number of anilines is 1. The highest BCUT2D eigenvalue weighted by Crippen LogP contribution is 2.39. The number of benzene rings is 1. The first-order valence-electron chi connectivity index (χ1n) is 5.07. The fourth-order valence-electron chi connectivity index (χ4n) is 1.72. The van der Waals surface area contributed by atoms with Gasteiger partial charge in [-0.2, -0.15) is 0 Å². The predicted molar refractivity (Wildman–Crippen MR) is 55.8 cm³/mol. The Balaban J connectivity index is 2.32. The molecule has 2 N–H and O–H groups in total. The van der Waals surface area contributed by atoms with Crippen molar-refractivity contribution < 1.29 is 8.78 Å². The Hall–Kier alpha value is -1.78. The lowest BCUT2D eigenvalue weighted by Gasteiger charge is -2.05. The van der Waals surface area contributed by atoms with Crippen molar-refractivity contribution in [2.45, 2.75) is 18.8 Å². The molecule has 1 heterocycles. The van der Waals surface area contributed by atoms with E-state index in [0.717, 1.165) is 25.0 Å². The molecule has 16 heavy (non-hydrogen) atoms. The minimum Gasteiger partial charge on any atom is -0.383 e. The van der Waals surface area contributed by atoms with Crippen molar-refractivity contribution in [1.29, 1.82) is 0 Å². The van der Waals surface area contributed by atoms with E-state index in [1.165, 1.54) is 0 Å². The van der Waals surface area contributed by atoms with Crippen LogP contribution in [0.3, 0.4) is 0 Å². The number of rotatable bonds is 1. The average Bonchev–Trinajstić information content (AvgIpc) is 3.02. The van der Waals surface area contributed by atoms with Gasteiger partial charge in [0.05, 0.1) is 0 Å². The van der Waals surface area contributed by atoms with E-state index in [1.807, 2.05) is 0 Å². The molecule has 0 amide bonds. The van der Waals surface area contributed by atoms with E-state index in [9.17, 15) is 8.78 Å². The summed E-state index contributed by atoms with van der Waals surface area (Å²) in [6.45, 7) is 0. The molecule has 3 rings (SSSR count). The van der Waals surface area contributed by atoms with Gasteiger partial charge in [0.15, 0.2) is 5.82 Å². The summed E-state index contributed by atoms with van der Waals surface area (Å²) >= 11 is 0. The monoisotopic (exact) mass is 221 g/mol. The SMILES string of the molecule is Nc1nc(C2CC2)nc2c(F)cc(F)cc12. The van der Waals surface area contributed by atoms with Crippen molar-refractivity contribution >= 4 is 16.7 Å². The summed E-state index contributed by atoms with van der Waals surface area (Å²) in [7, 11) is 0. The second-order valence-electron chi connectivity index (χ2n) is 4.03. The van der Waals surface area contributed by atoms with Crippen LogP contribution in [0.25, 0.3) is 10.9 Å². The van der Waals surface area contributed by atoms with Crippen molar-refractivity contribution in [3.8, 4) is 0 Å². The lowest BCUT2D eigenvalue weighted by Crippen LogP contribution is -2.01. The van der Waals surface area contributed by atoms with Gasteiger partial charge < -0.3 is 5.73 Å². The molecule has 0 unspecified atom stereocenters. The molecule has 2 aromatic rings. The number of nitrogens with zero attached hydrogens (tertiary/aromatic N) is 2. The van der Waals surface area contributed by atoms with E-state index in [2.05, 4.69) is 9.97 Å². The van der Waals surface area contributed by atoms with Gasteiger partial charge in [0.1, 0.15) is 23.0 Å². The third-order valence-corrected chi connectivity index (χ3v) is 2.71. The highest BCUT2D eigenvalue weighted by Gasteiger charge is 2.27. The van der Waals surface area contributed by atoms with Gasteiger partial charge in [0, 0.05) is 17.4 Å². The largest absolute Gasteiger partial charge is 0.383 e. The van der Waals surface area contributed by atoms with Gasteiger partial charge in [-0.15, -0.1) is 0 Å². The molecule has 1 fully saturated rings. The van der Waals surface area contributed by atoms with E-state index in [0.29, 0.717) is 5.82 Å². The van der Waals surface area contributed by atoms with Gasteiger partial charge >= 0.3 is 0 Å². The van der Waals surface area contributed by atoms with E-state index >= 15 is 0 Å². The van der Waals surface area contributed by atoms with Crippen LogP contribution in [0.2, 0.25) is 0 Å². The van der Waals surface area contributed by atoms with Crippen LogP contribution in [0.4, 0.5) is 14.6 Å². The molecule has 0 aliphatic heterocycles. The molecule has 82 valence electrons. The molecule has 3 nitrogen and oxygen atoms in total. The van der Waals surface area contributed by atoms with Crippen LogP contribution in [-0.2, 0) is 0 Å². The van der Waals surface area contributed by atoms with Crippen LogP contribution in [-0.4, -0.2) is 9.97 Å². The van der Waals surface area contributed by atoms with E-state index in [1.54, 1.807) is 0 Å². The molecule has 0 bridgehead atoms. The minimum atomic E-state index is -0.689. The lowest BCUT2D eigenvalue weighted by atomic mass is 10.2. The van der Waals surface area contributed by atoms with E-state index in [4.69, 9.17) is 5.73 Å². The Morgan fingerprint density at radius 1 is 1.19 bits per heavy atom. The molecule has 0 radical (unpaired) electrons. The zero-order chi connectivity index (χ0) is 11.3. The summed E-state index contributed by atoms with van der Waals surface area (Å²) in [5.41, 5.74) is 5.78. The summed E-state index contributed by atoms with van der Waals surface area (Å²) in [5, 5.41) is 0.238. The molecule has 0 saturated heterocycles. The lowest BCUT2D eigenvalue weighted by molar-refractivity contribution is 0.590. The van der Waals surface area contributed by atoms with Crippen molar-refractivity contribution in [2.24, 2.45) is 0 Å². The normalized spacial score (nSPS) is 15.6. The van der Waals surface area contributed by atoms with Crippen LogP contribution in [0.5, 0.6) is 0 Å². The first kappa shape index (κ1) is 9.45. The van der Waals surface area contributed by atoms with E-state index < -0.39 is 11.6 Å². The summed E-state index contributed by atoms with van der Waals surface area (Å²) in [5.74, 6) is -0.359. The predicted octanol–water partition coefficient (Wildman–Crippen LogP) is 2.37. The number of hydrogen-bond donors (Lipinski definition) is 1. The van der Waals surface area contributed by atoms with Gasteiger partial charge in [-0.1, -0.05) is 0 Å². The van der Waals surface area contributed by atoms with E-state index in [-0.39, 0.29) is 22.6 Å². The molecular formula is C11H9F2N3. The Bertz CT molecular complexity index is 579. The summed E-state index contributed by atoms with van der Waals surface area (Å²) in [4.78, 5) is 8.18. The van der Waals surface area contributed by atoms with Crippen molar-refractivity contribution in [1.82, 2.24) is 9.97 Å². The zero-order valence-corrected chi connectivity index (χ0v) is 8.37. The fourth-order valence-corrected chi connectivity index (χ4v) is 1.72. The van der Waals surface area contributed by atoms with Gasteiger partial charge in [0.2, 0.25) is 0 Å². The molecule has 1 aliphatic rings. The standard InChI is InChI=1S/C11H9F2N3/c12-6-3-7-9(8(13)4-6)15-11(5-1-2-5)16-10(7)14/h3-5H,1-2H2,(H2,14,15,16). The maximum atomic E-state index is 13.5. The third-order valence-electron chi connectivity index (χ3n) is 2.71. The number of hydrogen-bond acceptors (Lipinski definition) is 3. The van der Waals surface area contributed by atoms with Gasteiger partial charge in [0.25, 0.3) is 0 Å². The maximum absolute atomic E-state index is 13.5. The summed E-state index contributed by atoms with van der Waals surface area (Å²) in [6, 6.07) is 1.97. The topological polar surface area (TPSA) is 51.8 Å². The molecule has 1 aliphatic carbocycles. The molecule has 1 aromatic carbocycles. The van der Waals surface area contributed by atoms with Crippen LogP contribution in [0, 0.1) is 11.6 Å². The minimum absolute atomic E-state index is 0.107. The molecule has 0 atom stereocenters. The first-order chi connectivity index (χ1) is 7.65. The van der Waals surface area contributed by atoms with Gasteiger partial charge in [-0.25, -0.2) is 18.7 Å². The fraction of sp³-hybridized carbons (Fsp3) is 0.273. The van der Waals surface area contributed by atoms with Gasteiger partial charge in [-0.05, 0) is 18.9 Å². The highest BCUT2D eigenvalue weighted by atomic mass is 19.1. The van der Waals surface area contributed by atoms with Gasteiger partial charge in [-0.3, -0.25) is 0 Å². The van der Waals surface area contributed by atoms with Crippen LogP contribution < -0.4 is 5.73 Å². The average molecular weight is 221 g/mol. The second-order valence-corrected chi connectivity index (χ2v) is 4.03. The highest BCUT2D eigenvalue weighted by molar-refractivity contribution is 5.88. The third kappa shape index (κ3) is 1.39. The Kier molecular flexibility index (Phi) is 1.83. The number of nitrogen functional groups attached to an aromatic ring is 1. The van der Waals surface area contributed by atoms with Crippen LogP contribution >= 0.6 is 0 Å². The molecule has 0 spiro atoms. The Morgan fingerprint density at radius 2 is 1.94 bits per heavy atom. The summed E-state index contributed by atoms with van der Waals surface area (Å²) < 4.78 is 26.5. The molecule has 1 aromatic heterocycles. The van der Waals surface area contributed by atoms with Crippen molar-refractivity contribution in [2.75, 3.05) is 5.73 Å². The first-order valence-corrected chi connectivity index (χ1v) is 5.07. The number of fused-ring (bicyclic) bond motifs is 1. The van der Waals surface area contributed by atoms with Crippen molar-refractivity contribution in [3.63, 3.8) is 0 Å². The summed E-state index contributed by atoms with van der Waals surface area (Å²) in [6.07, 6.45) is 2.02. The van der Waals surface area contributed by atoms with Crippen molar-refractivity contribution in [3.05, 3.63) is 29.6 Å². The number of aromatic nitrogens is 2. The van der Waals surface area contributed by atoms with Crippen LogP contribution in [0.15, 0.2) is 12.1 Å². The smallest absolute Gasteiger partial charge is 0.152 e. The van der Waals surface area contributed by atoms with Crippen LogP contribution in [0.1, 0.15) is 24.6 Å². The Morgan fingerprint density at radius 3 is 2.62 bits per heavy atom. The maximum Gasteiger partial charge on any atom is 0.152 e. The molecular weight excluding hydrogens is 212 g/mol. The number of nitrogens with two attached hydrogens (primary N) is 1. The quantitative estimate of drug-likeness (QED) is 0.804. The molecule has 5 heteroatoms. The second kappa shape index (κ2) is 3.10. The zero-order valence-electron chi connectivity index (χ0n) is 8.37. The molecule has 1 saturated carbocycles. The Labute approximate surface area is 90.3 Å². The number of halogens is 2.